The topological polar surface area (TPSA) is 23.6 Å². The van der Waals surface area contributed by atoms with Crippen LogP contribution in [0.3, 0.4) is 0 Å². The summed E-state index contributed by atoms with van der Waals surface area (Å²) in [5.41, 5.74) is -0.160. The Kier molecular flexibility index (Phi) is 5.94. The van der Waals surface area contributed by atoms with Crippen LogP contribution < -0.4 is 4.90 Å². The Morgan fingerprint density at radius 1 is 1.00 bits per heavy atom. The molecule has 144 valence electrons. The second-order valence-corrected chi connectivity index (χ2v) is 7.21. The van der Waals surface area contributed by atoms with Gasteiger partial charge in [-0.05, 0) is 42.5 Å². The van der Waals surface area contributed by atoms with Crippen LogP contribution in [0.4, 0.5) is 23.2 Å². The van der Waals surface area contributed by atoms with Crippen LogP contribution in [0.5, 0.6) is 0 Å². The van der Waals surface area contributed by atoms with E-state index in [1.165, 1.54) is 30.0 Å². The van der Waals surface area contributed by atoms with Gasteiger partial charge in [0.2, 0.25) is 5.91 Å². The third-order valence-electron chi connectivity index (χ3n) is 4.35. The highest BCUT2D eigenvalue weighted by atomic mass is 32.2. The number of rotatable bonds is 4. The second kappa shape index (κ2) is 8.21. The minimum Gasteiger partial charge on any atom is -0.368 e. The van der Waals surface area contributed by atoms with Crippen molar-refractivity contribution in [2.24, 2.45) is 0 Å². The van der Waals surface area contributed by atoms with E-state index in [2.05, 4.69) is 0 Å². The Hall–Kier alpha value is -2.22. The standard InChI is InChI=1S/C19H18F4N2OS/c20-15-4-6-17(7-5-15)27-13-18(26)25-10-8-24(9-11-25)16-3-1-2-14(12-16)19(21,22)23/h1-7,12H,8-11,13H2. The molecular formula is C19H18F4N2OS. The fourth-order valence-corrected chi connectivity index (χ4v) is 3.66. The van der Waals surface area contributed by atoms with Crippen LogP contribution in [0.2, 0.25) is 0 Å². The van der Waals surface area contributed by atoms with Gasteiger partial charge in [-0.25, -0.2) is 4.39 Å². The number of halogens is 4. The Morgan fingerprint density at radius 3 is 2.30 bits per heavy atom. The van der Waals surface area contributed by atoms with Crippen LogP contribution in [0.15, 0.2) is 53.4 Å². The molecule has 0 spiro atoms. The largest absolute Gasteiger partial charge is 0.416 e. The van der Waals surface area contributed by atoms with Crippen molar-refractivity contribution in [3.63, 3.8) is 0 Å². The van der Waals surface area contributed by atoms with Crippen molar-refractivity contribution in [1.29, 1.82) is 0 Å². The maximum absolute atomic E-state index is 12.9. The van der Waals surface area contributed by atoms with Gasteiger partial charge in [-0.1, -0.05) is 6.07 Å². The van der Waals surface area contributed by atoms with Crippen molar-refractivity contribution in [2.45, 2.75) is 11.1 Å². The average Bonchev–Trinajstić information content (AvgIpc) is 2.67. The second-order valence-electron chi connectivity index (χ2n) is 6.16. The first kappa shape index (κ1) is 19.5. The summed E-state index contributed by atoms with van der Waals surface area (Å²) < 4.78 is 51.5. The van der Waals surface area contributed by atoms with E-state index in [9.17, 15) is 22.4 Å². The predicted molar refractivity (Wildman–Crippen MR) is 97.4 cm³/mol. The van der Waals surface area contributed by atoms with Crippen molar-refractivity contribution < 1.29 is 22.4 Å². The predicted octanol–water partition coefficient (Wildman–Crippen LogP) is 4.29. The lowest BCUT2D eigenvalue weighted by Crippen LogP contribution is -2.49. The highest BCUT2D eigenvalue weighted by Crippen LogP contribution is 2.32. The molecule has 0 aliphatic carbocycles. The first-order chi connectivity index (χ1) is 12.8. The molecule has 0 bridgehead atoms. The van der Waals surface area contributed by atoms with Crippen LogP contribution in [0.1, 0.15) is 5.56 Å². The van der Waals surface area contributed by atoms with E-state index in [-0.39, 0.29) is 17.5 Å². The summed E-state index contributed by atoms with van der Waals surface area (Å²) in [5, 5.41) is 0. The third-order valence-corrected chi connectivity index (χ3v) is 5.34. The zero-order valence-corrected chi connectivity index (χ0v) is 15.2. The molecule has 8 heteroatoms. The normalized spacial score (nSPS) is 15.1. The fraction of sp³-hybridized carbons (Fsp3) is 0.316. The molecule has 3 rings (SSSR count). The Labute approximate surface area is 159 Å². The smallest absolute Gasteiger partial charge is 0.368 e. The zero-order chi connectivity index (χ0) is 19.4. The van der Waals surface area contributed by atoms with Gasteiger partial charge in [0.1, 0.15) is 5.82 Å². The molecule has 0 radical (unpaired) electrons. The van der Waals surface area contributed by atoms with Crippen molar-refractivity contribution in [2.75, 3.05) is 36.8 Å². The number of nitrogens with zero attached hydrogens (tertiary/aromatic N) is 2. The lowest BCUT2D eigenvalue weighted by atomic mass is 10.1. The molecule has 2 aromatic carbocycles. The van der Waals surface area contributed by atoms with Gasteiger partial charge in [-0.3, -0.25) is 4.79 Å². The summed E-state index contributed by atoms with van der Waals surface area (Å²) in [5.74, 6) is -0.112. The molecule has 0 N–H and O–H groups in total. The summed E-state index contributed by atoms with van der Waals surface area (Å²) in [6.45, 7) is 1.88. The van der Waals surface area contributed by atoms with Crippen LogP contribution in [0, 0.1) is 5.82 Å². The Balaban J connectivity index is 1.52. The molecule has 1 heterocycles. The van der Waals surface area contributed by atoms with Crippen LogP contribution in [-0.4, -0.2) is 42.7 Å². The van der Waals surface area contributed by atoms with Crippen LogP contribution >= 0.6 is 11.8 Å². The summed E-state index contributed by atoms with van der Waals surface area (Å²) in [4.78, 5) is 16.7. The van der Waals surface area contributed by atoms with Gasteiger partial charge in [-0.15, -0.1) is 11.8 Å². The quantitative estimate of drug-likeness (QED) is 0.567. The van der Waals surface area contributed by atoms with Crippen LogP contribution in [0.25, 0.3) is 0 Å². The number of hydrogen-bond acceptors (Lipinski definition) is 3. The first-order valence-corrected chi connectivity index (χ1v) is 9.40. The summed E-state index contributed by atoms with van der Waals surface area (Å²) in [6, 6.07) is 11.2. The molecular weight excluding hydrogens is 380 g/mol. The number of alkyl halides is 3. The molecule has 3 nitrogen and oxygen atoms in total. The Bertz CT molecular complexity index is 787. The number of carbonyl (C=O) groups excluding carboxylic acids is 1. The molecule has 1 aliphatic heterocycles. The molecule has 0 aromatic heterocycles. The number of thioether (sulfide) groups is 1. The minimum atomic E-state index is -4.37. The summed E-state index contributed by atoms with van der Waals surface area (Å²) in [6.07, 6.45) is -4.37. The van der Waals surface area contributed by atoms with Gasteiger partial charge in [-0.2, -0.15) is 13.2 Å². The zero-order valence-electron chi connectivity index (χ0n) is 14.4. The van der Waals surface area contributed by atoms with E-state index in [1.807, 2.05) is 4.90 Å². The lowest BCUT2D eigenvalue weighted by Gasteiger charge is -2.36. The molecule has 0 unspecified atom stereocenters. The molecule has 0 atom stereocenters. The van der Waals surface area contributed by atoms with Gasteiger partial charge in [0.25, 0.3) is 0 Å². The number of amides is 1. The van der Waals surface area contributed by atoms with E-state index in [4.69, 9.17) is 0 Å². The van der Waals surface area contributed by atoms with E-state index in [0.29, 0.717) is 31.9 Å². The van der Waals surface area contributed by atoms with Gasteiger partial charge in [0.05, 0.1) is 11.3 Å². The molecule has 1 amide bonds. The monoisotopic (exact) mass is 398 g/mol. The van der Waals surface area contributed by atoms with Gasteiger partial charge in [0, 0.05) is 36.8 Å². The highest BCUT2D eigenvalue weighted by Gasteiger charge is 2.31. The molecule has 1 saturated heterocycles. The molecule has 0 saturated carbocycles. The van der Waals surface area contributed by atoms with Gasteiger partial charge < -0.3 is 9.80 Å². The third kappa shape index (κ3) is 5.15. The molecule has 1 fully saturated rings. The molecule has 27 heavy (non-hydrogen) atoms. The van der Waals surface area contributed by atoms with Crippen LogP contribution in [-0.2, 0) is 11.0 Å². The maximum atomic E-state index is 12.9. The molecule has 2 aromatic rings. The van der Waals surface area contributed by atoms with E-state index in [0.717, 1.165) is 17.0 Å². The van der Waals surface area contributed by atoms with Gasteiger partial charge in [0.15, 0.2) is 0 Å². The lowest BCUT2D eigenvalue weighted by molar-refractivity contribution is -0.137. The van der Waals surface area contributed by atoms with E-state index < -0.39 is 11.7 Å². The Morgan fingerprint density at radius 2 is 1.67 bits per heavy atom. The highest BCUT2D eigenvalue weighted by molar-refractivity contribution is 8.00. The molecule has 1 aliphatic rings. The maximum Gasteiger partial charge on any atom is 0.416 e. The number of benzene rings is 2. The number of piperazine rings is 1. The van der Waals surface area contributed by atoms with E-state index >= 15 is 0 Å². The summed E-state index contributed by atoms with van der Waals surface area (Å²) >= 11 is 1.34. The first-order valence-electron chi connectivity index (χ1n) is 8.41. The van der Waals surface area contributed by atoms with E-state index in [1.54, 1.807) is 23.1 Å². The van der Waals surface area contributed by atoms with Crippen molar-refractivity contribution in [3.05, 3.63) is 59.9 Å². The number of anilines is 1. The number of carbonyl (C=O) groups is 1. The fourth-order valence-electron chi connectivity index (χ4n) is 2.86. The SMILES string of the molecule is O=C(CSc1ccc(F)cc1)N1CCN(c2cccc(C(F)(F)F)c2)CC1. The average molecular weight is 398 g/mol. The van der Waals surface area contributed by atoms with Crippen molar-refractivity contribution in [3.8, 4) is 0 Å². The number of hydrogen-bond donors (Lipinski definition) is 0. The summed E-state index contributed by atoms with van der Waals surface area (Å²) in [7, 11) is 0. The van der Waals surface area contributed by atoms with Crippen molar-refractivity contribution >= 4 is 23.4 Å². The van der Waals surface area contributed by atoms with Gasteiger partial charge >= 0.3 is 6.18 Å². The minimum absolute atomic E-state index is 0.0342. The van der Waals surface area contributed by atoms with Crippen molar-refractivity contribution in [1.82, 2.24) is 4.90 Å².